The smallest absolute Gasteiger partial charge is 0.273 e. The molecule has 4 rings (SSSR count). The van der Waals surface area contributed by atoms with Crippen molar-refractivity contribution in [2.24, 2.45) is 0 Å². The second kappa shape index (κ2) is 11.0. The first-order valence-electron chi connectivity index (χ1n) is 12.4. The third-order valence-electron chi connectivity index (χ3n) is 6.57. The quantitative estimate of drug-likeness (QED) is 0.358. The number of hydrogen-bond acceptors (Lipinski definition) is 6. The Bertz CT molecular complexity index is 1210. The number of aromatic nitrogens is 2. The third kappa shape index (κ3) is 4.78. The van der Waals surface area contributed by atoms with Crippen LogP contribution in [0, 0.1) is 13.8 Å². The number of methoxy groups -OCH3 is 2. The molecule has 8 heteroatoms. The van der Waals surface area contributed by atoms with Crippen molar-refractivity contribution >= 4 is 5.91 Å². The number of carbonyl (C=O) groups is 1. The van der Waals surface area contributed by atoms with E-state index in [0.717, 1.165) is 35.1 Å². The number of nitrogens with one attached hydrogen (secondary N) is 1. The van der Waals surface area contributed by atoms with Crippen LogP contribution in [0.2, 0.25) is 0 Å². The highest BCUT2D eigenvalue weighted by atomic mass is 16.5. The molecule has 1 unspecified atom stereocenters. The zero-order chi connectivity index (χ0) is 25.8. The van der Waals surface area contributed by atoms with Crippen LogP contribution in [0.25, 0.3) is 11.3 Å². The number of H-pyrrole nitrogens is 1. The number of nitrogens with zero attached hydrogens (tertiary/aromatic N) is 2. The first-order valence-corrected chi connectivity index (χ1v) is 12.4. The number of unbranched alkanes of at least 4 members (excludes halogenated alkanes) is 1. The number of rotatable bonds is 11. The minimum atomic E-state index is -0.406. The fourth-order valence-corrected chi connectivity index (χ4v) is 4.90. The predicted molar refractivity (Wildman–Crippen MR) is 138 cm³/mol. The number of phenolic OH excluding ortho intramolecular Hbond substituents is 1. The number of benzene rings is 2. The normalized spacial score (nSPS) is 14.9. The molecule has 1 aliphatic rings. The molecule has 2 N–H and O–H groups in total. The number of aromatic hydroxyl groups is 1. The van der Waals surface area contributed by atoms with E-state index < -0.39 is 6.04 Å². The van der Waals surface area contributed by atoms with Crippen molar-refractivity contribution in [1.82, 2.24) is 15.1 Å². The summed E-state index contributed by atoms with van der Waals surface area (Å²) in [5, 5.41) is 18.3. The first kappa shape index (κ1) is 25.6. The van der Waals surface area contributed by atoms with Crippen molar-refractivity contribution in [1.29, 1.82) is 0 Å². The molecular weight excluding hydrogens is 458 g/mol. The van der Waals surface area contributed by atoms with E-state index in [1.807, 2.05) is 43.0 Å². The average Bonchev–Trinajstić information content (AvgIpc) is 3.38. The fourth-order valence-electron chi connectivity index (χ4n) is 4.90. The van der Waals surface area contributed by atoms with Crippen molar-refractivity contribution in [2.45, 2.75) is 46.1 Å². The predicted octanol–water partition coefficient (Wildman–Crippen LogP) is 5.17. The van der Waals surface area contributed by atoms with Gasteiger partial charge in [0.2, 0.25) is 0 Å². The van der Waals surface area contributed by atoms with E-state index in [1.165, 1.54) is 0 Å². The van der Waals surface area contributed by atoms with Crippen LogP contribution in [0.3, 0.4) is 0 Å². The van der Waals surface area contributed by atoms with Crippen molar-refractivity contribution in [2.75, 3.05) is 34.0 Å². The molecule has 2 aromatic carbocycles. The van der Waals surface area contributed by atoms with Crippen LogP contribution in [0.15, 0.2) is 30.3 Å². The average molecular weight is 494 g/mol. The van der Waals surface area contributed by atoms with Gasteiger partial charge in [-0.2, -0.15) is 5.10 Å². The second-order valence-electron chi connectivity index (χ2n) is 9.20. The summed E-state index contributed by atoms with van der Waals surface area (Å²) in [5.41, 5.74) is 5.12. The molecule has 0 radical (unpaired) electrons. The van der Waals surface area contributed by atoms with Gasteiger partial charge in [0.15, 0.2) is 11.5 Å². The maximum absolute atomic E-state index is 13.5. The molecule has 0 saturated heterocycles. The number of ether oxygens (including phenoxy) is 3. The maximum atomic E-state index is 13.5. The Kier molecular flexibility index (Phi) is 7.84. The van der Waals surface area contributed by atoms with Crippen LogP contribution < -0.4 is 9.47 Å². The van der Waals surface area contributed by atoms with E-state index in [-0.39, 0.29) is 11.7 Å². The van der Waals surface area contributed by atoms with Gasteiger partial charge in [-0.05, 0) is 61.6 Å². The summed E-state index contributed by atoms with van der Waals surface area (Å²) in [5.74, 6) is 1.30. The SMILES string of the molecule is CCCCOc1ccc(C2c3c(-c4c(C)cc(C)cc4O)n[nH]c3C(=O)N2CCCOC)cc1OC. The van der Waals surface area contributed by atoms with E-state index in [4.69, 9.17) is 14.2 Å². The van der Waals surface area contributed by atoms with E-state index in [1.54, 1.807) is 20.3 Å². The van der Waals surface area contributed by atoms with Crippen molar-refractivity contribution in [3.63, 3.8) is 0 Å². The molecule has 0 bridgehead atoms. The molecule has 2 heterocycles. The molecule has 1 atom stereocenters. The summed E-state index contributed by atoms with van der Waals surface area (Å²) in [6.07, 6.45) is 2.69. The van der Waals surface area contributed by atoms with Gasteiger partial charge in [0.25, 0.3) is 5.91 Å². The molecule has 36 heavy (non-hydrogen) atoms. The van der Waals surface area contributed by atoms with E-state index >= 15 is 0 Å². The standard InChI is InChI=1S/C28H35N3O5/c1-6-7-13-36-21-10-9-19(16-22(21)35-5)27-24-25(23-18(3)14-17(2)15-20(23)32)29-30-26(24)28(33)31(27)11-8-12-34-4/h9-10,14-16,27,32H,6-8,11-13H2,1-5H3,(H,29,30). The lowest BCUT2D eigenvalue weighted by molar-refractivity contribution is 0.0723. The van der Waals surface area contributed by atoms with Gasteiger partial charge in [-0.15, -0.1) is 0 Å². The zero-order valence-corrected chi connectivity index (χ0v) is 21.7. The van der Waals surface area contributed by atoms with E-state index in [2.05, 4.69) is 17.1 Å². The second-order valence-corrected chi connectivity index (χ2v) is 9.20. The first-order chi connectivity index (χ1) is 17.4. The monoisotopic (exact) mass is 493 g/mol. The Morgan fingerprint density at radius 3 is 2.58 bits per heavy atom. The Morgan fingerprint density at radius 2 is 1.89 bits per heavy atom. The largest absolute Gasteiger partial charge is 0.507 e. The summed E-state index contributed by atoms with van der Waals surface area (Å²) in [6.45, 7) is 7.66. The van der Waals surface area contributed by atoms with Gasteiger partial charge in [0, 0.05) is 31.4 Å². The van der Waals surface area contributed by atoms with Crippen LogP contribution in [0.5, 0.6) is 17.2 Å². The molecule has 1 amide bonds. The molecule has 192 valence electrons. The van der Waals surface area contributed by atoms with Gasteiger partial charge in [-0.1, -0.05) is 25.5 Å². The van der Waals surface area contributed by atoms with Gasteiger partial charge >= 0.3 is 0 Å². The maximum Gasteiger partial charge on any atom is 0.273 e. The summed E-state index contributed by atoms with van der Waals surface area (Å²) < 4.78 is 16.8. The number of hydrogen-bond donors (Lipinski definition) is 2. The molecule has 8 nitrogen and oxygen atoms in total. The number of aryl methyl sites for hydroxylation is 2. The van der Waals surface area contributed by atoms with Crippen LogP contribution in [0.4, 0.5) is 0 Å². The van der Waals surface area contributed by atoms with E-state index in [0.29, 0.717) is 54.6 Å². The van der Waals surface area contributed by atoms with Crippen LogP contribution in [0.1, 0.15) is 65.0 Å². The minimum absolute atomic E-state index is 0.128. The molecule has 1 aliphatic heterocycles. The van der Waals surface area contributed by atoms with Crippen LogP contribution >= 0.6 is 0 Å². The van der Waals surface area contributed by atoms with Gasteiger partial charge < -0.3 is 24.2 Å². The molecule has 0 spiro atoms. The van der Waals surface area contributed by atoms with Gasteiger partial charge in [-0.3, -0.25) is 9.89 Å². The van der Waals surface area contributed by atoms with Crippen LogP contribution in [-0.2, 0) is 4.74 Å². The minimum Gasteiger partial charge on any atom is -0.507 e. The van der Waals surface area contributed by atoms with Crippen molar-refractivity contribution in [3.8, 4) is 28.5 Å². The van der Waals surface area contributed by atoms with E-state index in [9.17, 15) is 9.90 Å². The van der Waals surface area contributed by atoms with Crippen LogP contribution in [-0.4, -0.2) is 60.1 Å². The van der Waals surface area contributed by atoms with Crippen molar-refractivity contribution in [3.05, 3.63) is 58.3 Å². The fraction of sp³-hybridized carbons (Fsp3) is 0.429. The summed E-state index contributed by atoms with van der Waals surface area (Å²) in [7, 11) is 3.27. The summed E-state index contributed by atoms with van der Waals surface area (Å²) in [4.78, 5) is 15.4. The number of aromatic amines is 1. The molecule has 3 aromatic rings. The lowest BCUT2D eigenvalue weighted by atomic mass is 9.93. The van der Waals surface area contributed by atoms with Gasteiger partial charge in [-0.25, -0.2) is 0 Å². The highest BCUT2D eigenvalue weighted by Gasteiger charge is 2.42. The number of fused-ring (bicyclic) bond motifs is 1. The Morgan fingerprint density at radius 1 is 1.08 bits per heavy atom. The number of phenols is 1. The zero-order valence-electron chi connectivity index (χ0n) is 21.7. The lowest BCUT2D eigenvalue weighted by Crippen LogP contribution is -2.31. The molecule has 1 aromatic heterocycles. The molecular formula is C28H35N3O5. The van der Waals surface area contributed by atoms with Crippen molar-refractivity contribution < 1.29 is 24.1 Å². The summed E-state index contributed by atoms with van der Waals surface area (Å²) >= 11 is 0. The molecule has 0 fully saturated rings. The third-order valence-corrected chi connectivity index (χ3v) is 6.57. The highest BCUT2D eigenvalue weighted by molar-refractivity contribution is 6.00. The summed E-state index contributed by atoms with van der Waals surface area (Å²) in [6, 6.07) is 9.11. The highest BCUT2D eigenvalue weighted by Crippen LogP contribution is 2.46. The Hall–Kier alpha value is -3.52. The molecule has 0 aliphatic carbocycles. The molecule has 0 saturated carbocycles. The number of carbonyl (C=O) groups excluding carboxylic acids is 1. The topological polar surface area (TPSA) is 96.9 Å². The lowest BCUT2D eigenvalue weighted by Gasteiger charge is -2.27. The number of amides is 1. The Labute approximate surface area is 212 Å². The van der Waals surface area contributed by atoms with Gasteiger partial charge in [0.1, 0.15) is 17.1 Å². The van der Waals surface area contributed by atoms with Gasteiger partial charge in [0.05, 0.1) is 19.8 Å². The Balaban J connectivity index is 1.82.